The van der Waals surface area contributed by atoms with E-state index < -0.39 is 10.0 Å². The molecule has 8 heteroatoms. The maximum atomic E-state index is 13.2. The second kappa shape index (κ2) is 6.57. The maximum Gasteiger partial charge on any atom is 0.268 e. The first-order valence-corrected chi connectivity index (χ1v) is 9.28. The molecule has 0 saturated heterocycles. The van der Waals surface area contributed by atoms with E-state index in [0.717, 1.165) is 0 Å². The molecule has 0 bridgehead atoms. The first-order chi connectivity index (χ1) is 11.9. The quantitative estimate of drug-likeness (QED) is 0.813. The van der Waals surface area contributed by atoms with Crippen LogP contribution in [0.3, 0.4) is 0 Å². The van der Waals surface area contributed by atoms with E-state index in [1.807, 2.05) is 0 Å². The van der Waals surface area contributed by atoms with Gasteiger partial charge in [0.25, 0.3) is 10.0 Å². The molecule has 2 aromatic carbocycles. The third-order valence-electron chi connectivity index (χ3n) is 4.01. The molecular weight excluding hydrogens is 366 g/mol. The van der Waals surface area contributed by atoms with Crippen LogP contribution in [0.2, 0.25) is 5.02 Å². The van der Waals surface area contributed by atoms with Gasteiger partial charge < -0.3 is 9.47 Å². The van der Waals surface area contributed by atoms with E-state index in [1.54, 1.807) is 18.2 Å². The minimum absolute atomic E-state index is 0.0235. The number of hydrogen-bond donors (Lipinski definition) is 0. The second-order valence-corrected chi connectivity index (χ2v) is 7.70. The van der Waals surface area contributed by atoms with Crippen molar-refractivity contribution in [3.63, 3.8) is 0 Å². The third-order valence-corrected chi connectivity index (χ3v) is 6.08. The van der Waals surface area contributed by atoms with E-state index in [-0.39, 0.29) is 29.4 Å². The molecule has 1 aliphatic rings. The van der Waals surface area contributed by atoms with Gasteiger partial charge in [-0.05, 0) is 30.3 Å². The number of nitrogens with zero attached hydrogens (tertiary/aromatic N) is 1. The Hall–Kier alpha value is -2.25. The van der Waals surface area contributed by atoms with Gasteiger partial charge in [-0.3, -0.25) is 9.10 Å². The van der Waals surface area contributed by atoms with Crippen LogP contribution in [0.25, 0.3) is 0 Å². The van der Waals surface area contributed by atoms with Crippen LogP contribution in [-0.4, -0.2) is 35.0 Å². The van der Waals surface area contributed by atoms with Crippen LogP contribution in [-0.2, 0) is 10.0 Å². The first-order valence-electron chi connectivity index (χ1n) is 7.46. The van der Waals surface area contributed by atoms with Gasteiger partial charge in [-0.15, -0.1) is 0 Å². The van der Waals surface area contributed by atoms with Crippen molar-refractivity contribution in [3.05, 3.63) is 47.0 Å². The molecule has 25 heavy (non-hydrogen) atoms. The smallest absolute Gasteiger partial charge is 0.268 e. The van der Waals surface area contributed by atoms with E-state index in [0.29, 0.717) is 22.0 Å². The third kappa shape index (κ3) is 3.05. The number of methoxy groups -OCH3 is 2. The number of Topliss-reactive ketones (excluding diaryl/α,β-unsaturated/α-hetero) is 1. The summed E-state index contributed by atoms with van der Waals surface area (Å²) in [5.41, 5.74) is 0.606. The standard InChI is InChI=1S/C17H16ClNO5S/c1-23-12-4-6-16(24-2)17(10-12)25(21,22)19-8-7-15(20)13-9-11(18)3-5-14(13)19/h3-6,9-10H,7-8H2,1-2H3. The monoisotopic (exact) mass is 381 g/mol. The van der Waals surface area contributed by atoms with Crippen molar-refractivity contribution in [2.45, 2.75) is 11.3 Å². The van der Waals surface area contributed by atoms with Gasteiger partial charge in [0.05, 0.1) is 19.9 Å². The molecular formula is C17H16ClNO5S. The lowest BCUT2D eigenvalue weighted by molar-refractivity contribution is 0.0982. The van der Waals surface area contributed by atoms with Gasteiger partial charge in [-0.25, -0.2) is 8.42 Å². The molecule has 0 aliphatic carbocycles. The number of benzene rings is 2. The lowest BCUT2D eigenvalue weighted by atomic mass is 10.0. The van der Waals surface area contributed by atoms with E-state index in [9.17, 15) is 13.2 Å². The number of carbonyl (C=O) groups is 1. The SMILES string of the molecule is COc1ccc(OC)c(S(=O)(=O)N2CCC(=O)c3cc(Cl)ccc32)c1. The highest BCUT2D eigenvalue weighted by molar-refractivity contribution is 7.93. The van der Waals surface area contributed by atoms with E-state index >= 15 is 0 Å². The molecule has 3 rings (SSSR count). The summed E-state index contributed by atoms with van der Waals surface area (Å²) in [6.07, 6.45) is 0.0822. The predicted octanol–water partition coefficient (Wildman–Crippen LogP) is 3.14. The van der Waals surface area contributed by atoms with Gasteiger partial charge in [-0.1, -0.05) is 11.6 Å². The Labute approximate surface area is 151 Å². The summed E-state index contributed by atoms with van der Waals surface area (Å²) in [5.74, 6) is 0.457. The molecule has 6 nitrogen and oxygen atoms in total. The summed E-state index contributed by atoms with van der Waals surface area (Å²) < 4.78 is 38.0. The number of anilines is 1. The Morgan fingerprint density at radius 1 is 1.08 bits per heavy atom. The van der Waals surface area contributed by atoms with Crippen molar-refractivity contribution < 1.29 is 22.7 Å². The van der Waals surface area contributed by atoms with Gasteiger partial charge in [-0.2, -0.15) is 0 Å². The molecule has 1 heterocycles. The predicted molar refractivity (Wildman–Crippen MR) is 94.5 cm³/mol. The van der Waals surface area contributed by atoms with Crippen LogP contribution in [0, 0.1) is 0 Å². The van der Waals surface area contributed by atoms with Crippen LogP contribution in [0.15, 0.2) is 41.3 Å². The number of hydrogen-bond acceptors (Lipinski definition) is 5. The number of ketones is 1. The molecule has 132 valence electrons. The average Bonchev–Trinajstić information content (AvgIpc) is 2.61. The Morgan fingerprint density at radius 3 is 2.52 bits per heavy atom. The number of halogens is 1. The van der Waals surface area contributed by atoms with Crippen molar-refractivity contribution in [1.29, 1.82) is 0 Å². The van der Waals surface area contributed by atoms with Crippen molar-refractivity contribution in [3.8, 4) is 11.5 Å². The Kier molecular flexibility index (Phi) is 4.62. The highest BCUT2D eigenvalue weighted by atomic mass is 35.5. The highest BCUT2D eigenvalue weighted by Gasteiger charge is 2.34. The minimum Gasteiger partial charge on any atom is -0.497 e. The summed E-state index contributed by atoms with van der Waals surface area (Å²) in [4.78, 5) is 12.1. The van der Waals surface area contributed by atoms with Crippen molar-refractivity contribution in [1.82, 2.24) is 0 Å². The van der Waals surface area contributed by atoms with Crippen LogP contribution >= 0.6 is 11.6 Å². The summed E-state index contributed by atoms with van der Waals surface area (Å²) in [5, 5.41) is 0.380. The summed E-state index contributed by atoms with van der Waals surface area (Å²) in [6, 6.07) is 9.14. The molecule has 0 atom stereocenters. The number of rotatable bonds is 4. The van der Waals surface area contributed by atoms with Gasteiger partial charge in [0, 0.05) is 29.6 Å². The topological polar surface area (TPSA) is 72.9 Å². The molecule has 0 amide bonds. The zero-order valence-electron chi connectivity index (χ0n) is 13.7. The molecule has 0 unspecified atom stereocenters. The number of fused-ring (bicyclic) bond motifs is 1. The molecule has 2 aromatic rings. The van der Waals surface area contributed by atoms with Crippen LogP contribution < -0.4 is 13.8 Å². The fraction of sp³-hybridized carbons (Fsp3) is 0.235. The molecule has 0 aromatic heterocycles. The van der Waals surface area contributed by atoms with Crippen LogP contribution in [0.5, 0.6) is 11.5 Å². The van der Waals surface area contributed by atoms with Gasteiger partial charge in [0.2, 0.25) is 0 Å². The molecule has 0 saturated carbocycles. The average molecular weight is 382 g/mol. The zero-order valence-corrected chi connectivity index (χ0v) is 15.2. The largest absolute Gasteiger partial charge is 0.497 e. The summed E-state index contributed by atoms with van der Waals surface area (Å²) >= 11 is 5.95. The highest BCUT2D eigenvalue weighted by Crippen LogP contribution is 2.37. The molecule has 0 fully saturated rings. The van der Waals surface area contributed by atoms with Crippen molar-refractivity contribution in [2.24, 2.45) is 0 Å². The molecule has 0 spiro atoms. The normalized spacial score (nSPS) is 14.2. The van der Waals surface area contributed by atoms with E-state index in [1.165, 1.54) is 36.7 Å². The van der Waals surface area contributed by atoms with Gasteiger partial charge in [0.1, 0.15) is 16.4 Å². The van der Waals surface area contributed by atoms with E-state index in [2.05, 4.69) is 0 Å². The van der Waals surface area contributed by atoms with Crippen molar-refractivity contribution in [2.75, 3.05) is 25.1 Å². The van der Waals surface area contributed by atoms with Gasteiger partial charge in [0.15, 0.2) is 5.78 Å². The summed E-state index contributed by atoms with van der Waals surface area (Å²) in [6.45, 7) is 0.0517. The van der Waals surface area contributed by atoms with Crippen LogP contribution in [0.4, 0.5) is 5.69 Å². The Balaban J connectivity index is 2.17. The number of ether oxygens (including phenoxy) is 2. The number of carbonyl (C=O) groups excluding carboxylic acids is 1. The fourth-order valence-electron chi connectivity index (χ4n) is 2.76. The zero-order chi connectivity index (χ0) is 18.2. The van der Waals surface area contributed by atoms with Gasteiger partial charge >= 0.3 is 0 Å². The Bertz CT molecular complexity index is 942. The molecule has 1 aliphatic heterocycles. The molecule has 0 radical (unpaired) electrons. The van der Waals surface area contributed by atoms with Crippen LogP contribution in [0.1, 0.15) is 16.8 Å². The fourth-order valence-corrected chi connectivity index (χ4v) is 4.59. The lowest BCUT2D eigenvalue weighted by Crippen LogP contribution is -2.37. The van der Waals surface area contributed by atoms with Crippen molar-refractivity contribution >= 4 is 33.1 Å². The maximum absolute atomic E-state index is 13.2. The second-order valence-electron chi connectivity index (χ2n) is 5.43. The lowest BCUT2D eigenvalue weighted by Gasteiger charge is -2.30. The minimum atomic E-state index is -3.95. The molecule has 0 N–H and O–H groups in total. The van der Waals surface area contributed by atoms with E-state index in [4.69, 9.17) is 21.1 Å². The number of sulfonamides is 1. The first kappa shape index (κ1) is 17.6. The summed E-state index contributed by atoms with van der Waals surface area (Å²) in [7, 11) is -1.10. The Morgan fingerprint density at radius 2 is 1.84 bits per heavy atom.